The van der Waals surface area contributed by atoms with Gasteiger partial charge in [0.25, 0.3) is 0 Å². The summed E-state index contributed by atoms with van der Waals surface area (Å²) in [4.78, 5) is 10.3. The quantitative estimate of drug-likeness (QED) is 0.514. The van der Waals surface area contributed by atoms with Crippen LogP contribution < -0.4 is 0 Å². The van der Waals surface area contributed by atoms with Crippen LogP contribution in [0, 0.1) is 23.7 Å². The second kappa shape index (κ2) is 12.0. The van der Waals surface area contributed by atoms with Gasteiger partial charge >= 0.3 is 5.97 Å². The maximum absolute atomic E-state index is 10.3. The Morgan fingerprint density at radius 1 is 1.06 bits per heavy atom. The highest BCUT2D eigenvalue weighted by atomic mass is 16.4. The number of carboxylic acids is 1. The molecule has 0 spiro atoms. The Balaban J connectivity index is 3.49. The fourth-order valence-electron chi connectivity index (χ4n) is 1.38. The van der Waals surface area contributed by atoms with Crippen molar-refractivity contribution in [3.8, 4) is 23.7 Å². The predicted molar refractivity (Wildman–Crippen MR) is 71.8 cm³/mol. The molecule has 0 aliphatic carbocycles. The lowest BCUT2D eigenvalue weighted by Crippen LogP contribution is -2.18. The van der Waals surface area contributed by atoms with Gasteiger partial charge in [-0.25, -0.2) is 4.79 Å². The van der Waals surface area contributed by atoms with Gasteiger partial charge in [0.1, 0.15) is 0 Å². The van der Waals surface area contributed by atoms with Gasteiger partial charge in [-0.1, -0.05) is 50.9 Å². The number of unbranched alkanes of at least 4 members (excludes halogenated alkanes) is 6. The van der Waals surface area contributed by atoms with Crippen molar-refractivity contribution in [2.24, 2.45) is 0 Å². The lowest BCUT2D eigenvalue weighted by atomic mass is 10.1. The summed E-state index contributed by atoms with van der Waals surface area (Å²) in [6.45, 7) is 2.20. The van der Waals surface area contributed by atoms with Crippen molar-refractivity contribution in [1.82, 2.24) is 0 Å². The molecule has 1 atom stereocenters. The molecule has 18 heavy (non-hydrogen) atoms. The van der Waals surface area contributed by atoms with E-state index in [1.165, 1.54) is 32.1 Å². The third-order valence-electron chi connectivity index (χ3n) is 2.48. The third-order valence-corrected chi connectivity index (χ3v) is 2.48. The fraction of sp³-hybridized carbons (Fsp3) is 0.667. The van der Waals surface area contributed by atoms with E-state index in [0.717, 1.165) is 12.8 Å². The molecule has 0 aliphatic rings. The highest BCUT2D eigenvalue weighted by Crippen LogP contribution is 2.05. The Hall–Kier alpha value is -1.45. The van der Waals surface area contributed by atoms with Crippen molar-refractivity contribution >= 4 is 5.97 Å². The molecule has 0 amide bonds. The minimum Gasteiger partial charge on any atom is -0.479 e. The summed E-state index contributed by atoms with van der Waals surface area (Å²) in [7, 11) is 0. The van der Waals surface area contributed by atoms with E-state index >= 15 is 0 Å². The molecule has 0 rings (SSSR count). The maximum atomic E-state index is 10.3. The first kappa shape index (κ1) is 16.6. The van der Waals surface area contributed by atoms with Gasteiger partial charge in [0.05, 0.1) is 0 Å². The lowest BCUT2D eigenvalue weighted by molar-refractivity contribution is -0.146. The highest BCUT2D eigenvalue weighted by molar-refractivity contribution is 5.72. The SMILES string of the molecule is CCCCCCCCC#CC#CCC(O)C(=O)O. The molecule has 0 aliphatic heterocycles. The molecular weight excluding hydrogens is 228 g/mol. The molecule has 0 aromatic carbocycles. The number of aliphatic hydroxyl groups excluding tert-OH is 1. The number of aliphatic hydroxyl groups is 1. The molecule has 0 saturated heterocycles. The molecule has 3 nitrogen and oxygen atoms in total. The number of hydrogen-bond donors (Lipinski definition) is 2. The molecule has 3 heteroatoms. The maximum Gasteiger partial charge on any atom is 0.333 e. The molecule has 0 aromatic rings. The van der Waals surface area contributed by atoms with Crippen molar-refractivity contribution in [2.45, 2.75) is 64.4 Å². The summed E-state index contributed by atoms with van der Waals surface area (Å²) in [5.74, 6) is 9.43. The largest absolute Gasteiger partial charge is 0.479 e. The van der Waals surface area contributed by atoms with E-state index in [0.29, 0.717) is 0 Å². The first-order valence-corrected chi connectivity index (χ1v) is 6.55. The van der Waals surface area contributed by atoms with E-state index in [9.17, 15) is 4.79 Å². The van der Waals surface area contributed by atoms with E-state index in [-0.39, 0.29) is 6.42 Å². The van der Waals surface area contributed by atoms with Crippen LogP contribution in [0.3, 0.4) is 0 Å². The summed E-state index contributed by atoms with van der Waals surface area (Å²) < 4.78 is 0. The molecule has 0 aromatic heterocycles. The van der Waals surface area contributed by atoms with Crippen LogP contribution >= 0.6 is 0 Å². The van der Waals surface area contributed by atoms with Gasteiger partial charge in [0.15, 0.2) is 6.10 Å². The second-order valence-electron chi connectivity index (χ2n) is 4.18. The average Bonchev–Trinajstić information content (AvgIpc) is 2.35. The van der Waals surface area contributed by atoms with E-state index in [1.807, 2.05) is 0 Å². The van der Waals surface area contributed by atoms with E-state index in [1.54, 1.807) is 0 Å². The van der Waals surface area contributed by atoms with Crippen molar-refractivity contribution in [2.75, 3.05) is 0 Å². The number of rotatable bonds is 8. The number of carbonyl (C=O) groups is 1. The van der Waals surface area contributed by atoms with Gasteiger partial charge in [0.2, 0.25) is 0 Å². The van der Waals surface area contributed by atoms with Gasteiger partial charge in [-0.2, -0.15) is 0 Å². The molecule has 2 N–H and O–H groups in total. The van der Waals surface area contributed by atoms with Gasteiger partial charge in [0, 0.05) is 12.8 Å². The smallest absolute Gasteiger partial charge is 0.333 e. The van der Waals surface area contributed by atoms with Crippen LogP contribution in [0.5, 0.6) is 0 Å². The van der Waals surface area contributed by atoms with Gasteiger partial charge < -0.3 is 10.2 Å². The van der Waals surface area contributed by atoms with Crippen LogP contribution in [-0.4, -0.2) is 22.3 Å². The van der Waals surface area contributed by atoms with Gasteiger partial charge in [-0.15, -0.1) is 0 Å². The summed E-state index contributed by atoms with van der Waals surface area (Å²) in [6, 6.07) is 0. The van der Waals surface area contributed by atoms with E-state index in [2.05, 4.69) is 30.6 Å². The Morgan fingerprint density at radius 2 is 1.67 bits per heavy atom. The van der Waals surface area contributed by atoms with Crippen LogP contribution in [0.4, 0.5) is 0 Å². The summed E-state index contributed by atoms with van der Waals surface area (Å²) in [5.41, 5.74) is 0. The lowest BCUT2D eigenvalue weighted by Gasteiger charge is -1.96. The Morgan fingerprint density at radius 3 is 2.33 bits per heavy atom. The Bertz CT molecular complexity index is 338. The van der Waals surface area contributed by atoms with Crippen LogP contribution in [0.15, 0.2) is 0 Å². The Labute approximate surface area is 110 Å². The van der Waals surface area contributed by atoms with Crippen molar-refractivity contribution < 1.29 is 15.0 Å². The zero-order valence-electron chi connectivity index (χ0n) is 11.0. The summed E-state index contributed by atoms with van der Waals surface area (Å²) in [5, 5.41) is 17.3. The van der Waals surface area contributed by atoms with Crippen molar-refractivity contribution in [1.29, 1.82) is 0 Å². The third kappa shape index (κ3) is 11.0. The molecule has 0 radical (unpaired) electrons. The van der Waals surface area contributed by atoms with Crippen LogP contribution in [0.25, 0.3) is 0 Å². The second-order valence-corrected chi connectivity index (χ2v) is 4.18. The molecule has 0 heterocycles. The molecule has 0 saturated carbocycles. The van der Waals surface area contributed by atoms with Crippen LogP contribution in [-0.2, 0) is 4.79 Å². The zero-order chi connectivity index (χ0) is 13.6. The predicted octanol–water partition coefficient (Wildman–Crippen LogP) is 2.58. The van der Waals surface area contributed by atoms with Crippen LogP contribution in [0.2, 0.25) is 0 Å². The van der Waals surface area contributed by atoms with Crippen molar-refractivity contribution in [3.05, 3.63) is 0 Å². The molecular formula is C15H22O3. The highest BCUT2D eigenvalue weighted by Gasteiger charge is 2.09. The first-order valence-electron chi connectivity index (χ1n) is 6.55. The van der Waals surface area contributed by atoms with E-state index in [4.69, 9.17) is 10.2 Å². The monoisotopic (exact) mass is 250 g/mol. The molecule has 100 valence electrons. The van der Waals surface area contributed by atoms with Gasteiger partial charge in [-0.3, -0.25) is 0 Å². The van der Waals surface area contributed by atoms with Crippen LogP contribution in [0.1, 0.15) is 58.3 Å². The number of carboxylic acid groups (broad SMARTS) is 1. The van der Waals surface area contributed by atoms with E-state index < -0.39 is 12.1 Å². The first-order chi connectivity index (χ1) is 8.68. The topological polar surface area (TPSA) is 57.5 Å². The normalized spacial score (nSPS) is 10.8. The molecule has 0 bridgehead atoms. The number of hydrogen-bond acceptors (Lipinski definition) is 2. The van der Waals surface area contributed by atoms with Crippen molar-refractivity contribution in [3.63, 3.8) is 0 Å². The minimum absolute atomic E-state index is 0.0684. The Kier molecular flexibility index (Phi) is 11.1. The summed E-state index contributed by atoms with van der Waals surface area (Å²) >= 11 is 0. The van der Waals surface area contributed by atoms with Gasteiger partial charge in [-0.05, 0) is 18.3 Å². The molecule has 0 fully saturated rings. The number of aliphatic carboxylic acids is 1. The fourth-order valence-corrected chi connectivity index (χ4v) is 1.38. The summed E-state index contributed by atoms with van der Waals surface area (Å²) in [6.07, 6.45) is 6.81. The standard InChI is InChI=1S/C15H22O3/c1-2-3-4-5-6-7-8-9-10-11-12-13-14(16)15(17)18/h14,16H,2-8,13H2,1H3,(H,17,18). The zero-order valence-corrected chi connectivity index (χ0v) is 11.0. The molecule has 1 unspecified atom stereocenters. The average molecular weight is 250 g/mol. The minimum atomic E-state index is -1.40.